The van der Waals surface area contributed by atoms with E-state index < -0.39 is 23.7 Å². The van der Waals surface area contributed by atoms with Gasteiger partial charge in [0.2, 0.25) is 0 Å². The monoisotopic (exact) mass is 201 g/mol. The summed E-state index contributed by atoms with van der Waals surface area (Å²) in [7, 11) is 0. The lowest BCUT2D eigenvalue weighted by Gasteiger charge is -2.13. The third kappa shape index (κ3) is 1.07. The van der Waals surface area contributed by atoms with Gasteiger partial charge in [-0.3, -0.25) is 0 Å². The van der Waals surface area contributed by atoms with Crippen LogP contribution in [0.25, 0.3) is 0 Å². The molecule has 1 aliphatic rings. The average Bonchev–Trinajstić information content (AvgIpc) is 2.58. The summed E-state index contributed by atoms with van der Waals surface area (Å²) in [6.07, 6.45) is -0.399. The largest absolute Gasteiger partial charge is 0.316 e. The zero-order valence-electron chi connectivity index (χ0n) is 7.65. The molecule has 1 fully saturated rings. The Hall–Kier alpha value is -1.03. The molecule has 1 saturated carbocycles. The van der Waals surface area contributed by atoms with Gasteiger partial charge in [0, 0.05) is 6.42 Å². The molecule has 2 N–H and O–H groups in total. The minimum absolute atomic E-state index is 0.211. The number of alkyl halides is 2. The molecule has 14 heavy (non-hydrogen) atoms. The molecular weight excluding hydrogens is 191 g/mol. The van der Waals surface area contributed by atoms with Crippen molar-refractivity contribution in [3.63, 3.8) is 0 Å². The Kier molecular flexibility index (Phi) is 1.71. The molecule has 4 heteroatoms. The van der Waals surface area contributed by atoms with Crippen molar-refractivity contribution in [2.75, 3.05) is 0 Å². The van der Waals surface area contributed by atoms with E-state index in [1.807, 2.05) is 0 Å². The highest BCUT2D eigenvalue weighted by Gasteiger charge is 2.70. The molecule has 1 atom stereocenters. The van der Waals surface area contributed by atoms with Gasteiger partial charge in [0.05, 0.1) is 0 Å². The summed E-state index contributed by atoms with van der Waals surface area (Å²) in [5.41, 5.74) is 4.27. The summed E-state index contributed by atoms with van der Waals surface area (Å²) in [6, 6.07) is 4.10. The molecule has 76 valence electrons. The highest BCUT2D eigenvalue weighted by molar-refractivity contribution is 5.41. The van der Waals surface area contributed by atoms with Crippen LogP contribution in [0.5, 0.6) is 0 Å². The van der Waals surface area contributed by atoms with Crippen LogP contribution in [0.1, 0.15) is 17.5 Å². The van der Waals surface area contributed by atoms with Gasteiger partial charge in [-0.25, -0.2) is 13.2 Å². The molecule has 1 aromatic rings. The summed E-state index contributed by atoms with van der Waals surface area (Å²) in [5, 5.41) is 0. The lowest BCUT2D eigenvalue weighted by molar-refractivity contribution is 0.0889. The standard InChI is InChI=1S/C10H10F3N/c1-6-7(3-2-4-8(6)11)9(14)5-10(9,12)13/h2-4H,5,14H2,1H3. The van der Waals surface area contributed by atoms with Crippen LogP contribution in [0.15, 0.2) is 18.2 Å². The van der Waals surface area contributed by atoms with Crippen LogP contribution in [-0.2, 0) is 5.54 Å². The van der Waals surface area contributed by atoms with E-state index in [-0.39, 0.29) is 11.1 Å². The Morgan fingerprint density at radius 1 is 1.36 bits per heavy atom. The van der Waals surface area contributed by atoms with E-state index in [1.165, 1.54) is 25.1 Å². The highest BCUT2D eigenvalue weighted by Crippen LogP contribution is 2.58. The van der Waals surface area contributed by atoms with E-state index in [2.05, 4.69) is 0 Å². The number of hydrogen-bond acceptors (Lipinski definition) is 1. The van der Waals surface area contributed by atoms with Gasteiger partial charge in [-0.1, -0.05) is 12.1 Å². The van der Waals surface area contributed by atoms with Crippen molar-refractivity contribution < 1.29 is 13.2 Å². The maximum Gasteiger partial charge on any atom is 0.272 e. The fourth-order valence-corrected chi connectivity index (χ4v) is 1.69. The molecule has 0 aliphatic heterocycles. The molecule has 2 rings (SSSR count). The van der Waals surface area contributed by atoms with Crippen LogP contribution in [0.2, 0.25) is 0 Å². The number of nitrogens with two attached hydrogens (primary N) is 1. The minimum Gasteiger partial charge on any atom is -0.316 e. The predicted octanol–water partition coefficient (Wildman–Crippen LogP) is 2.33. The number of halogens is 3. The van der Waals surface area contributed by atoms with Gasteiger partial charge >= 0.3 is 0 Å². The first-order valence-corrected chi connectivity index (χ1v) is 4.31. The van der Waals surface area contributed by atoms with Gasteiger partial charge in [-0.15, -0.1) is 0 Å². The Morgan fingerprint density at radius 2 is 1.93 bits per heavy atom. The van der Waals surface area contributed by atoms with Crippen molar-refractivity contribution in [2.45, 2.75) is 24.8 Å². The Bertz CT molecular complexity index is 389. The highest BCUT2D eigenvalue weighted by atomic mass is 19.3. The Morgan fingerprint density at radius 3 is 2.43 bits per heavy atom. The van der Waals surface area contributed by atoms with Crippen LogP contribution in [0.3, 0.4) is 0 Å². The molecule has 1 nitrogen and oxygen atoms in total. The SMILES string of the molecule is Cc1c(F)cccc1C1(N)CC1(F)F. The third-order valence-electron chi connectivity index (χ3n) is 2.78. The fraction of sp³-hybridized carbons (Fsp3) is 0.400. The Balaban J connectivity index is 2.49. The second kappa shape index (κ2) is 2.51. The lowest BCUT2D eigenvalue weighted by atomic mass is 9.99. The molecule has 0 aromatic heterocycles. The second-order valence-corrected chi connectivity index (χ2v) is 3.76. The Labute approximate surface area is 79.7 Å². The van der Waals surface area contributed by atoms with Crippen molar-refractivity contribution in [1.29, 1.82) is 0 Å². The summed E-state index contributed by atoms with van der Waals surface area (Å²) >= 11 is 0. The summed E-state index contributed by atoms with van der Waals surface area (Å²) in [5.74, 6) is -3.39. The first-order chi connectivity index (χ1) is 6.38. The number of hydrogen-bond donors (Lipinski definition) is 1. The van der Waals surface area contributed by atoms with Crippen LogP contribution in [-0.4, -0.2) is 5.92 Å². The van der Waals surface area contributed by atoms with Gasteiger partial charge in [0.1, 0.15) is 11.4 Å². The van der Waals surface area contributed by atoms with Crippen LogP contribution < -0.4 is 5.73 Å². The van der Waals surface area contributed by atoms with Crippen molar-refractivity contribution in [1.82, 2.24) is 0 Å². The third-order valence-corrected chi connectivity index (χ3v) is 2.78. The van der Waals surface area contributed by atoms with E-state index in [4.69, 9.17) is 5.73 Å². The zero-order valence-corrected chi connectivity index (χ0v) is 7.65. The summed E-state index contributed by atoms with van der Waals surface area (Å²) in [6.45, 7) is 1.47. The van der Waals surface area contributed by atoms with E-state index in [1.54, 1.807) is 0 Å². The van der Waals surface area contributed by atoms with Crippen molar-refractivity contribution in [3.05, 3.63) is 35.1 Å². The summed E-state index contributed by atoms with van der Waals surface area (Å²) < 4.78 is 38.9. The van der Waals surface area contributed by atoms with Gasteiger partial charge < -0.3 is 5.73 Å². The van der Waals surface area contributed by atoms with E-state index in [9.17, 15) is 13.2 Å². The fourth-order valence-electron chi connectivity index (χ4n) is 1.69. The van der Waals surface area contributed by atoms with Gasteiger partial charge in [0.25, 0.3) is 5.92 Å². The molecule has 1 aliphatic carbocycles. The summed E-state index contributed by atoms with van der Waals surface area (Å²) in [4.78, 5) is 0. The minimum atomic E-state index is -2.90. The van der Waals surface area contributed by atoms with Gasteiger partial charge in [-0.2, -0.15) is 0 Å². The van der Waals surface area contributed by atoms with E-state index >= 15 is 0 Å². The predicted molar refractivity (Wildman–Crippen MR) is 46.6 cm³/mol. The smallest absolute Gasteiger partial charge is 0.272 e. The van der Waals surface area contributed by atoms with Crippen LogP contribution in [0.4, 0.5) is 13.2 Å². The maximum absolute atomic E-state index is 13.1. The molecule has 0 spiro atoms. The van der Waals surface area contributed by atoms with Crippen molar-refractivity contribution in [3.8, 4) is 0 Å². The molecule has 0 saturated heterocycles. The van der Waals surface area contributed by atoms with Crippen molar-refractivity contribution in [2.24, 2.45) is 5.73 Å². The first kappa shape index (κ1) is 9.52. The quantitative estimate of drug-likeness (QED) is 0.741. The first-order valence-electron chi connectivity index (χ1n) is 4.31. The van der Waals surface area contributed by atoms with Gasteiger partial charge in [0.15, 0.2) is 0 Å². The normalized spacial score (nSPS) is 28.9. The van der Waals surface area contributed by atoms with Crippen molar-refractivity contribution >= 4 is 0 Å². The molecular formula is C10H10F3N. The number of rotatable bonds is 1. The lowest BCUT2D eigenvalue weighted by Crippen LogP contribution is -2.28. The molecule has 1 unspecified atom stereocenters. The second-order valence-electron chi connectivity index (χ2n) is 3.76. The molecule has 0 heterocycles. The number of benzene rings is 1. The molecule has 0 radical (unpaired) electrons. The van der Waals surface area contributed by atoms with Crippen LogP contribution >= 0.6 is 0 Å². The maximum atomic E-state index is 13.1. The van der Waals surface area contributed by atoms with Gasteiger partial charge in [-0.05, 0) is 24.1 Å². The molecule has 1 aromatic carbocycles. The van der Waals surface area contributed by atoms with E-state index in [0.29, 0.717) is 0 Å². The van der Waals surface area contributed by atoms with E-state index in [0.717, 1.165) is 0 Å². The zero-order chi connectivity index (χ0) is 10.6. The van der Waals surface area contributed by atoms with Crippen LogP contribution in [0, 0.1) is 12.7 Å². The molecule has 0 bridgehead atoms. The topological polar surface area (TPSA) is 26.0 Å². The average molecular weight is 201 g/mol. The molecule has 0 amide bonds.